The van der Waals surface area contributed by atoms with Crippen molar-refractivity contribution >= 4 is 28.2 Å². The van der Waals surface area contributed by atoms with E-state index in [9.17, 15) is 4.79 Å². The molecule has 96 valence electrons. The highest BCUT2D eigenvalue weighted by atomic mass is 32.1. The first-order chi connectivity index (χ1) is 8.10. The fraction of sp³-hybridized carbons (Fsp3) is 0.600. The Morgan fingerprint density at radius 1 is 1.65 bits per heavy atom. The fourth-order valence-corrected chi connectivity index (χ4v) is 2.12. The lowest BCUT2D eigenvalue weighted by molar-refractivity contribution is 0.0772. The number of amides is 1. The lowest BCUT2D eigenvalue weighted by atomic mass is 10.4. The molecule has 0 aliphatic rings. The van der Waals surface area contributed by atoms with E-state index >= 15 is 0 Å². The van der Waals surface area contributed by atoms with Crippen molar-refractivity contribution in [2.75, 3.05) is 37.8 Å². The molecule has 0 radical (unpaired) electrons. The van der Waals surface area contributed by atoms with Crippen LogP contribution in [0.25, 0.3) is 0 Å². The minimum atomic E-state index is -0.210. The lowest BCUT2D eigenvalue weighted by Crippen LogP contribution is -2.29. The molecule has 0 saturated carbocycles. The predicted octanol–water partition coefficient (Wildman–Crippen LogP) is 0.612. The van der Waals surface area contributed by atoms with Crippen molar-refractivity contribution in [1.82, 2.24) is 9.88 Å². The molecule has 7 heteroatoms. The van der Waals surface area contributed by atoms with E-state index in [1.807, 2.05) is 6.92 Å². The number of aliphatic hydroxyl groups is 1. The summed E-state index contributed by atoms with van der Waals surface area (Å²) < 4.78 is 0. The quantitative estimate of drug-likeness (QED) is 0.695. The van der Waals surface area contributed by atoms with Gasteiger partial charge in [-0.1, -0.05) is 18.3 Å². The Morgan fingerprint density at radius 2 is 2.35 bits per heavy atom. The van der Waals surface area contributed by atoms with Crippen LogP contribution < -0.4 is 11.1 Å². The second-order valence-electron chi connectivity index (χ2n) is 3.61. The van der Waals surface area contributed by atoms with Gasteiger partial charge in [0.05, 0.1) is 6.61 Å². The second kappa shape index (κ2) is 6.41. The predicted molar refractivity (Wildman–Crippen MR) is 69.4 cm³/mol. The van der Waals surface area contributed by atoms with Gasteiger partial charge in [0, 0.05) is 20.1 Å². The maximum absolute atomic E-state index is 11.9. The molecule has 0 aliphatic carbocycles. The van der Waals surface area contributed by atoms with Crippen LogP contribution in [0.2, 0.25) is 0 Å². The molecule has 1 amide bonds. The van der Waals surface area contributed by atoms with Gasteiger partial charge in [0.1, 0.15) is 10.7 Å². The number of nitrogens with two attached hydrogens (primary N) is 1. The first kappa shape index (κ1) is 13.7. The van der Waals surface area contributed by atoms with Crippen LogP contribution in [0.5, 0.6) is 0 Å². The van der Waals surface area contributed by atoms with Crippen molar-refractivity contribution in [3.05, 3.63) is 4.88 Å². The number of carbonyl (C=O) groups is 1. The van der Waals surface area contributed by atoms with Crippen molar-refractivity contribution in [1.29, 1.82) is 0 Å². The van der Waals surface area contributed by atoms with E-state index in [4.69, 9.17) is 10.8 Å². The number of aliphatic hydroxyl groups excluding tert-OH is 1. The third-order valence-corrected chi connectivity index (χ3v) is 3.17. The summed E-state index contributed by atoms with van der Waals surface area (Å²) >= 11 is 1.24. The van der Waals surface area contributed by atoms with Crippen LogP contribution in [0, 0.1) is 0 Å². The number of thiazole rings is 1. The number of rotatable bonds is 6. The zero-order chi connectivity index (χ0) is 12.8. The number of likely N-dealkylation sites (N-methyl/N-ethyl adjacent to an activating group) is 1. The van der Waals surface area contributed by atoms with Crippen molar-refractivity contribution < 1.29 is 9.90 Å². The summed E-state index contributed by atoms with van der Waals surface area (Å²) in [6.45, 7) is 3.06. The number of carbonyl (C=O) groups excluding carboxylic acids is 1. The Balaban J connectivity index is 2.76. The summed E-state index contributed by atoms with van der Waals surface area (Å²) in [6.07, 6.45) is 0.979. The Labute approximate surface area is 104 Å². The second-order valence-corrected chi connectivity index (χ2v) is 4.61. The number of anilines is 2. The topological polar surface area (TPSA) is 91.5 Å². The van der Waals surface area contributed by atoms with Gasteiger partial charge >= 0.3 is 0 Å². The van der Waals surface area contributed by atoms with Crippen LogP contribution >= 0.6 is 11.3 Å². The molecular weight excluding hydrogens is 240 g/mol. The molecule has 0 unspecified atom stereocenters. The van der Waals surface area contributed by atoms with Crippen molar-refractivity contribution in [2.24, 2.45) is 0 Å². The van der Waals surface area contributed by atoms with E-state index < -0.39 is 0 Å². The highest BCUT2D eigenvalue weighted by molar-refractivity contribution is 7.18. The Bertz CT molecular complexity index is 380. The van der Waals surface area contributed by atoms with Crippen molar-refractivity contribution in [3.63, 3.8) is 0 Å². The van der Waals surface area contributed by atoms with Crippen LogP contribution in [0.15, 0.2) is 0 Å². The summed E-state index contributed by atoms with van der Waals surface area (Å²) in [6, 6.07) is 0. The van der Waals surface area contributed by atoms with Gasteiger partial charge in [-0.2, -0.15) is 0 Å². The largest absolute Gasteiger partial charge is 0.395 e. The molecule has 0 aliphatic heterocycles. The van der Waals surface area contributed by atoms with Crippen LogP contribution in [-0.4, -0.2) is 47.6 Å². The van der Waals surface area contributed by atoms with Crippen LogP contribution in [0.4, 0.5) is 10.9 Å². The summed E-state index contributed by atoms with van der Waals surface area (Å²) in [5.74, 6) is 0.0296. The molecule has 17 heavy (non-hydrogen) atoms. The standard InChI is InChI=1S/C10H18N4O2S/c1-3-4-12-10-13-8(11)7(17-10)9(16)14(2)5-6-15/h15H,3-6,11H2,1-2H3,(H,12,13). The Morgan fingerprint density at radius 3 is 2.94 bits per heavy atom. The van der Waals surface area contributed by atoms with Gasteiger partial charge in [-0.3, -0.25) is 4.79 Å². The molecule has 0 fully saturated rings. The van der Waals surface area contributed by atoms with Gasteiger partial charge in [-0.25, -0.2) is 4.98 Å². The highest BCUT2D eigenvalue weighted by Gasteiger charge is 2.19. The molecule has 0 atom stereocenters. The third kappa shape index (κ3) is 3.57. The molecule has 1 aromatic heterocycles. The normalized spacial score (nSPS) is 10.3. The summed E-state index contributed by atoms with van der Waals surface area (Å²) in [4.78, 5) is 17.8. The molecule has 1 heterocycles. The summed E-state index contributed by atoms with van der Waals surface area (Å²) in [7, 11) is 1.62. The first-order valence-corrected chi connectivity index (χ1v) is 6.28. The Kier molecular flexibility index (Phi) is 5.17. The number of hydrogen-bond donors (Lipinski definition) is 3. The van der Waals surface area contributed by atoms with Gasteiger partial charge in [0.15, 0.2) is 5.13 Å². The zero-order valence-corrected chi connectivity index (χ0v) is 10.9. The molecule has 0 aromatic carbocycles. The molecule has 0 bridgehead atoms. The van der Waals surface area contributed by atoms with E-state index in [0.717, 1.165) is 13.0 Å². The maximum Gasteiger partial charge on any atom is 0.267 e. The molecule has 1 aromatic rings. The van der Waals surface area contributed by atoms with E-state index in [1.165, 1.54) is 16.2 Å². The number of aromatic nitrogens is 1. The number of hydrogen-bond acceptors (Lipinski definition) is 6. The van der Waals surface area contributed by atoms with Gasteiger partial charge in [0.2, 0.25) is 0 Å². The minimum Gasteiger partial charge on any atom is -0.395 e. The van der Waals surface area contributed by atoms with Crippen molar-refractivity contribution in [2.45, 2.75) is 13.3 Å². The summed E-state index contributed by atoms with van der Waals surface area (Å²) in [5.41, 5.74) is 5.70. The van der Waals surface area contributed by atoms with E-state index in [2.05, 4.69) is 10.3 Å². The lowest BCUT2D eigenvalue weighted by Gasteiger charge is -2.14. The average Bonchev–Trinajstić information content (AvgIpc) is 2.67. The Hall–Kier alpha value is -1.34. The summed E-state index contributed by atoms with van der Waals surface area (Å²) in [5, 5.41) is 12.5. The highest BCUT2D eigenvalue weighted by Crippen LogP contribution is 2.25. The van der Waals surface area contributed by atoms with Crippen LogP contribution in [-0.2, 0) is 0 Å². The number of nitrogen functional groups attached to an aromatic ring is 1. The third-order valence-electron chi connectivity index (χ3n) is 2.16. The van der Waals surface area contributed by atoms with Gasteiger partial charge in [0.25, 0.3) is 5.91 Å². The number of nitrogens with zero attached hydrogens (tertiary/aromatic N) is 2. The monoisotopic (exact) mass is 258 g/mol. The van der Waals surface area contributed by atoms with E-state index in [1.54, 1.807) is 7.05 Å². The SMILES string of the molecule is CCCNc1nc(N)c(C(=O)N(C)CCO)s1. The minimum absolute atomic E-state index is 0.0676. The van der Waals surface area contributed by atoms with E-state index in [-0.39, 0.29) is 24.9 Å². The van der Waals surface area contributed by atoms with Crippen molar-refractivity contribution in [3.8, 4) is 0 Å². The molecule has 1 rings (SSSR count). The van der Waals surface area contributed by atoms with Gasteiger partial charge in [-0.05, 0) is 6.42 Å². The molecule has 0 spiro atoms. The number of nitrogens with one attached hydrogen (secondary N) is 1. The van der Waals surface area contributed by atoms with Gasteiger partial charge in [-0.15, -0.1) is 0 Å². The smallest absolute Gasteiger partial charge is 0.267 e. The van der Waals surface area contributed by atoms with Gasteiger partial charge < -0.3 is 21.1 Å². The van der Waals surface area contributed by atoms with Crippen LogP contribution in [0.1, 0.15) is 23.0 Å². The molecule has 6 nitrogen and oxygen atoms in total. The zero-order valence-electron chi connectivity index (χ0n) is 10.1. The maximum atomic E-state index is 11.9. The molecule has 0 saturated heterocycles. The van der Waals surface area contributed by atoms with Crippen LogP contribution in [0.3, 0.4) is 0 Å². The van der Waals surface area contributed by atoms with E-state index in [0.29, 0.717) is 10.0 Å². The molecule has 4 N–H and O–H groups in total. The first-order valence-electron chi connectivity index (χ1n) is 5.46. The average molecular weight is 258 g/mol. The fourth-order valence-electron chi connectivity index (χ4n) is 1.22. The molecular formula is C10H18N4O2S.